The van der Waals surface area contributed by atoms with Crippen LogP contribution >= 0.6 is 0 Å². The van der Waals surface area contributed by atoms with Crippen LogP contribution in [0.5, 0.6) is 17.2 Å². The molecule has 28 heavy (non-hydrogen) atoms. The minimum Gasteiger partial charge on any atom is -0.506 e. The summed E-state index contributed by atoms with van der Waals surface area (Å²) in [4.78, 5) is 15.4. The van der Waals surface area contributed by atoms with Gasteiger partial charge >= 0.3 is 10.2 Å². The van der Waals surface area contributed by atoms with Crippen molar-refractivity contribution in [2.45, 2.75) is 6.54 Å². The van der Waals surface area contributed by atoms with Gasteiger partial charge in [-0.25, -0.2) is 18.4 Å². The molecule has 1 aliphatic rings. The Labute approximate surface area is 160 Å². The van der Waals surface area contributed by atoms with Crippen LogP contribution in [-0.2, 0) is 21.5 Å². The SMILES string of the molecule is COc1cnc(NCc2cc(O)c(N3CC(=O)NS3(=O)=O)c(F)c2)cc1OC. The van der Waals surface area contributed by atoms with Gasteiger partial charge in [0.2, 0.25) is 0 Å². The number of carbonyl (C=O) groups is 1. The number of phenolic OH excluding ortho intramolecular Hbond substituents is 1. The summed E-state index contributed by atoms with van der Waals surface area (Å²) in [5.41, 5.74) is -0.266. The first-order valence-corrected chi connectivity index (χ1v) is 9.35. The summed E-state index contributed by atoms with van der Waals surface area (Å²) in [6.07, 6.45) is 1.45. The summed E-state index contributed by atoms with van der Waals surface area (Å²) in [6.45, 7) is -0.531. The fraction of sp³-hybridized carbons (Fsp3) is 0.250. The van der Waals surface area contributed by atoms with Gasteiger partial charge in [-0.1, -0.05) is 0 Å². The number of amides is 1. The van der Waals surface area contributed by atoms with Crippen molar-refractivity contribution < 1.29 is 32.2 Å². The lowest BCUT2D eigenvalue weighted by molar-refractivity contribution is -0.117. The fourth-order valence-electron chi connectivity index (χ4n) is 2.66. The Morgan fingerprint density at radius 2 is 2.00 bits per heavy atom. The number of aromatic hydroxyl groups is 1. The van der Waals surface area contributed by atoms with Crippen molar-refractivity contribution in [3.8, 4) is 17.2 Å². The van der Waals surface area contributed by atoms with Gasteiger partial charge in [0.05, 0.1) is 20.4 Å². The standard InChI is InChI=1S/C16H17FN4O6S/c1-26-12-5-14(19-7-13(12)27-2)18-6-9-3-10(17)16(11(22)4-9)21-8-15(23)20-28(21,24)25/h3-5,7,22H,6,8H2,1-2H3,(H,18,19)(H,20,23). The number of hydrogen-bond acceptors (Lipinski definition) is 8. The number of halogens is 1. The largest absolute Gasteiger partial charge is 0.506 e. The molecule has 1 saturated heterocycles. The van der Waals surface area contributed by atoms with Crippen LogP contribution in [-0.4, -0.2) is 45.2 Å². The molecular weight excluding hydrogens is 395 g/mol. The van der Waals surface area contributed by atoms with E-state index in [-0.39, 0.29) is 6.54 Å². The van der Waals surface area contributed by atoms with E-state index in [4.69, 9.17) is 9.47 Å². The van der Waals surface area contributed by atoms with Crippen LogP contribution in [0.4, 0.5) is 15.9 Å². The van der Waals surface area contributed by atoms with Crippen LogP contribution in [0, 0.1) is 5.82 Å². The average Bonchev–Trinajstić information content (AvgIpc) is 2.91. The Hall–Kier alpha value is -3.28. The molecule has 0 aliphatic carbocycles. The van der Waals surface area contributed by atoms with Gasteiger partial charge in [-0.3, -0.25) is 4.79 Å². The maximum absolute atomic E-state index is 14.5. The number of benzene rings is 1. The van der Waals surface area contributed by atoms with E-state index in [9.17, 15) is 22.7 Å². The van der Waals surface area contributed by atoms with Crippen molar-refractivity contribution in [1.82, 2.24) is 9.71 Å². The van der Waals surface area contributed by atoms with E-state index in [1.165, 1.54) is 26.5 Å². The smallest absolute Gasteiger partial charge is 0.326 e. The second-order valence-electron chi connectivity index (χ2n) is 5.76. The summed E-state index contributed by atoms with van der Waals surface area (Å²) < 4.78 is 50.7. The van der Waals surface area contributed by atoms with Gasteiger partial charge in [-0.2, -0.15) is 8.42 Å². The maximum Gasteiger partial charge on any atom is 0.326 e. The molecule has 2 aromatic rings. The number of phenols is 1. The molecule has 1 aromatic heterocycles. The first-order valence-electron chi connectivity index (χ1n) is 7.91. The number of pyridine rings is 1. The summed E-state index contributed by atoms with van der Waals surface area (Å²) in [7, 11) is -1.29. The molecule has 1 aliphatic heterocycles. The lowest BCUT2D eigenvalue weighted by Gasteiger charge is -2.18. The Morgan fingerprint density at radius 3 is 2.57 bits per heavy atom. The minimum atomic E-state index is -4.23. The fourth-order valence-corrected chi connectivity index (χ4v) is 3.83. The highest BCUT2D eigenvalue weighted by molar-refractivity contribution is 7.92. The van der Waals surface area contributed by atoms with Gasteiger partial charge < -0.3 is 19.9 Å². The first-order chi connectivity index (χ1) is 13.2. The van der Waals surface area contributed by atoms with Crippen molar-refractivity contribution in [3.63, 3.8) is 0 Å². The molecule has 0 saturated carbocycles. The molecule has 0 bridgehead atoms. The lowest BCUT2D eigenvalue weighted by atomic mass is 10.1. The van der Waals surface area contributed by atoms with Crippen molar-refractivity contribution >= 4 is 27.6 Å². The van der Waals surface area contributed by atoms with Crippen LogP contribution in [0.15, 0.2) is 24.4 Å². The highest BCUT2D eigenvalue weighted by Crippen LogP contribution is 2.35. The van der Waals surface area contributed by atoms with Gasteiger partial charge in [-0.05, 0) is 17.7 Å². The minimum absolute atomic E-state index is 0.0805. The molecule has 1 amide bonds. The topological polar surface area (TPSA) is 130 Å². The van der Waals surface area contributed by atoms with E-state index >= 15 is 0 Å². The molecule has 3 rings (SSSR count). The van der Waals surface area contributed by atoms with E-state index in [1.807, 2.05) is 0 Å². The average molecular weight is 412 g/mol. The maximum atomic E-state index is 14.5. The number of ether oxygens (including phenoxy) is 2. The van der Waals surface area contributed by atoms with Gasteiger partial charge in [0, 0.05) is 12.6 Å². The molecule has 150 valence electrons. The second-order valence-corrected chi connectivity index (χ2v) is 7.36. The normalized spacial score (nSPS) is 15.2. The predicted octanol–water partition coefficient (Wildman–Crippen LogP) is 0.737. The van der Waals surface area contributed by atoms with Crippen LogP contribution in [0.25, 0.3) is 0 Å². The molecule has 0 atom stereocenters. The van der Waals surface area contributed by atoms with Crippen LogP contribution in [0.1, 0.15) is 5.56 Å². The number of carbonyl (C=O) groups excluding carboxylic acids is 1. The number of methoxy groups -OCH3 is 2. The third kappa shape index (κ3) is 3.71. The Balaban J connectivity index is 1.81. The molecule has 0 unspecified atom stereocenters. The number of rotatable bonds is 6. The van der Waals surface area contributed by atoms with E-state index in [1.54, 1.807) is 10.8 Å². The number of hydrogen-bond donors (Lipinski definition) is 3. The van der Waals surface area contributed by atoms with E-state index < -0.39 is 39.9 Å². The number of nitrogens with one attached hydrogen (secondary N) is 2. The first kappa shape index (κ1) is 19.5. The van der Waals surface area contributed by atoms with Gasteiger partial charge in [0.15, 0.2) is 17.3 Å². The third-order valence-corrected chi connectivity index (χ3v) is 5.30. The molecule has 1 aromatic carbocycles. The van der Waals surface area contributed by atoms with E-state index in [2.05, 4.69) is 10.3 Å². The van der Waals surface area contributed by atoms with Crippen molar-refractivity contribution in [3.05, 3.63) is 35.8 Å². The highest BCUT2D eigenvalue weighted by atomic mass is 32.2. The summed E-state index contributed by atoms with van der Waals surface area (Å²) >= 11 is 0. The molecule has 2 heterocycles. The quantitative estimate of drug-likeness (QED) is 0.633. The van der Waals surface area contributed by atoms with Crippen LogP contribution < -0.4 is 23.8 Å². The lowest BCUT2D eigenvalue weighted by Crippen LogP contribution is -2.30. The van der Waals surface area contributed by atoms with E-state index in [0.29, 0.717) is 27.2 Å². The van der Waals surface area contributed by atoms with Crippen molar-refractivity contribution in [2.24, 2.45) is 0 Å². The molecule has 0 spiro atoms. The Kier molecular flexibility index (Phi) is 5.14. The van der Waals surface area contributed by atoms with Crippen LogP contribution in [0.3, 0.4) is 0 Å². The third-order valence-electron chi connectivity index (χ3n) is 3.92. The molecule has 3 N–H and O–H groups in total. The van der Waals surface area contributed by atoms with Crippen LogP contribution in [0.2, 0.25) is 0 Å². The Morgan fingerprint density at radius 1 is 1.29 bits per heavy atom. The zero-order chi connectivity index (χ0) is 20.5. The molecule has 12 heteroatoms. The Bertz CT molecular complexity index is 1010. The summed E-state index contributed by atoms with van der Waals surface area (Å²) in [5.74, 6) is -1.12. The van der Waals surface area contributed by atoms with E-state index in [0.717, 1.165) is 6.07 Å². The zero-order valence-corrected chi connectivity index (χ0v) is 15.7. The molecular formula is C16H17FN4O6S. The molecule has 1 fully saturated rings. The number of aromatic nitrogens is 1. The second kappa shape index (κ2) is 7.38. The summed E-state index contributed by atoms with van der Waals surface area (Å²) in [6, 6.07) is 3.84. The number of nitrogens with zero attached hydrogens (tertiary/aromatic N) is 2. The van der Waals surface area contributed by atoms with Crippen molar-refractivity contribution in [2.75, 3.05) is 30.4 Å². The van der Waals surface area contributed by atoms with Gasteiger partial charge in [0.1, 0.15) is 23.8 Å². The zero-order valence-electron chi connectivity index (χ0n) is 14.9. The van der Waals surface area contributed by atoms with Gasteiger partial charge in [0.25, 0.3) is 5.91 Å². The molecule has 0 radical (unpaired) electrons. The van der Waals surface area contributed by atoms with Crippen molar-refractivity contribution in [1.29, 1.82) is 0 Å². The molecule has 10 nitrogen and oxygen atoms in total. The summed E-state index contributed by atoms with van der Waals surface area (Å²) in [5, 5.41) is 13.1. The monoisotopic (exact) mass is 412 g/mol. The van der Waals surface area contributed by atoms with Gasteiger partial charge in [-0.15, -0.1) is 0 Å². The predicted molar refractivity (Wildman–Crippen MR) is 97.1 cm³/mol. The highest BCUT2D eigenvalue weighted by Gasteiger charge is 2.37. The number of anilines is 2.